The lowest BCUT2D eigenvalue weighted by molar-refractivity contribution is 0.680. The standard InChI is InChI=1S/C12H12N4O/c13-8-10-11(14)16(12(17)15-10)7-6-9-4-2-1-3-5-9/h1-5H,6-7,14H2,(H,15,17). The summed E-state index contributed by atoms with van der Waals surface area (Å²) in [6.45, 7) is 0.465. The van der Waals surface area contributed by atoms with Crippen molar-refractivity contribution in [2.24, 2.45) is 0 Å². The van der Waals surface area contributed by atoms with E-state index in [0.717, 1.165) is 5.56 Å². The molecule has 3 N–H and O–H groups in total. The first-order chi connectivity index (χ1) is 8.22. The summed E-state index contributed by atoms with van der Waals surface area (Å²) in [5, 5.41) is 8.73. The Labute approximate surface area is 98.1 Å². The van der Waals surface area contributed by atoms with E-state index >= 15 is 0 Å². The third kappa shape index (κ3) is 2.21. The molecule has 0 spiro atoms. The predicted molar refractivity (Wildman–Crippen MR) is 64.3 cm³/mol. The first-order valence-electron chi connectivity index (χ1n) is 5.24. The van der Waals surface area contributed by atoms with Crippen LogP contribution in [-0.4, -0.2) is 9.55 Å². The van der Waals surface area contributed by atoms with Crippen LogP contribution in [0.25, 0.3) is 0 Å². The molecule has 2 rings (SSSR count). The molecular weight excluding hydrogens is 216 g/mol. The molecule has 0 aliphatic carbocycles. The van der Waals surface area contributed by atoms with Gasteiger partial charge < -0.3 is 5.73 Å². The molecule has 5 nitrogen and oxygen atoms in total. The normalized spacial score (nSPS) is 10.1. The van der Waals surface area contributed by atoms with Crippen LogP contribution in [-0.2, 0) is 13.0 Å². The topological polar surface area (TPSA) is 87.6 Å². The Balaban J connectivity index is 2.18. The molecule has 0 aliphatic heterocycles. The maximum atomic E-state index is 11.5. The number of nitriles is 1. The molecule has 0 amide bonds. The zero-order valence-corrected chi connectivity index (χ0v) is 9.18. The van der Waals surface area contributed by atoms with E-state index in [2.05, 4.69) is 4.98 Å². The second kappa shape index (κ2) is 4.58. The summed E-state index contributed by atoms with van der Waals surface area (Å²) in [5.41, 5.74) is 6.60. The van der Waals surface area contributed by atoms with Gasteiger partial charge in [0.15, 0.2) is 5.69 Å². The van der Waals surface area contributed by atoms with Crippen LogP contribution in [0.5, 0.6) is 0 Å². The number of hydrogen-bond donors (Lipinski definition) is 2. The number of nitrogens with two attached hydrogens (primary N) is 1. The molecule has 0 saturated heterocycles. The minimum Gasteiger partial charge on any atom is -0.383 e. The van der Waals surface area contributed by atoms with Crippen molar-refractivity contribution in [3.05, 3.63) is 52.1 Å². The number of aromatic amines is 1. The number of imidazole rings is 1. The summed E-state index contributed by atoms with van der Waals surface area (Å²) in [6.07, 6.45) is 0.702. The predicted octanol–water partition coefficient (Wildman–Crippen LogP) is 0.873. The van der Waals surface area contributed by atoms with Crippen molar-refractivity contribution >= 4 is 5.82 Å². The highest BCUT2D eigenvalue weighted by Crippen LogP contribution is 2.07. The fourth-order valence-electron chi connectivity index (χ4n) is 1.68. The number of rotatable bonds is 3. The second-order valence-electron chi connectivity index (χ2n) is 3.69. The number of anilines is 1. The van der Waals surface area contributed by atoms with Gasteiger partial charge in [0, 0.05) is 6.54 Å². The Morgan fingerprint density at radius 3 is 2.65 bits per heavy atom. The quantitative estimate of drug-likeness (QED) is 0.817. The minimum absolute atomic E-state index is 0.128. The molecular formula is C12H12N4O. The van der Waals surface area contributed by atoms with E-state index in [4.69, 9.17) is 11.0 Å². The molecule has 0 unspecified atom stereocenters. The maximum Gasteiger partial charge on any atom is 0.328 e. The van der Waals surface area contributed by atoms with Crippen LogP contribution in [0, 0.1) is 11.3 Å². The van der Waals surface area contributed by atoms with Gasteiger partial charge in [0.1, 0.15) is 11.9 Å². The lowest BCUT2D eigenvalue weighted by Gasteiger charge is -2.03. The summed E-state index contributed by atoms with van der Waals surface area (Å²) in [5.74, 6) is 0.202. The van der Waals surface area contributed by atoms with Gasteiger partial charge in [0.05, 0.1) is 0 Å². The summed E-state index contributed by atoms with van der Waals surface area (Å²) < 4.78 is 1.38. The highest BCUT2D eigenvalue weighted by molar-refractivity contribution is 5.44. The molecule has 17 heavy (non-hydrogen) atoms. The number of aryl methyl sites for hydroxylation is 1. The van der Waals surface area contributed by atoms with Gasteiger partial charge in [-0.15, -0.1) is 0 Å². The van der Waals surface area contributed by atoms with E-state index in [-0.39, 0.29) is 17.2 Å². The number of hydrogen-bond acceptors (Lipinski definition) is 3. The second-order valence-corrected chi connectivity index (χ2v) is 3.69. The summed E-state index contributed by atoms with van der Waals surface area (Å²) in [4.78, 5) is 13.9. The fraction of sp³-hybridized carbons (Fsp3) is 0.167. The fourth-order valence-corrected chi connectivity index (χ4v) is 1.68. The van der Waals surface area contributed by atoms with E-state index in [1.54, 1.807) is 0 Å². The Hall–Kier alpha value is -2.48. The zero-order valence-electron chi connectivity index (χ0n) is 9.18. The Morgan fingerprint density at radius 2 is 2.06 bits per heavy atom. The Morgan fingerprint density at radius 1 is 1.35 bits per heavy atom. The van der Waals surface area contributed by atoms with Crippen LogP contribution < -0.4 is 11.4 Å². The van der Waals surface area contributed by atoms with Gasteiger partial charge in [0.25, 0.3) is 0 Å². The van der Waals surface area contributed by atoms with Crippen molar-refractivity contribution in [3.8, 4) is 6.07 Å². The van der Waals surface area contributed by atoms with Gasteiger partial charge in [-0.2, -0.15) is 5.26 Å². The van der Waals surface area contributed by atoms with E-state index in [1.165, 1.54) is 4.57 Å². The maximum absolute atomic E-state index is 11.5. The number of aromatic nitrogens is 2. The molecule has 2 aromatic rings. The third-order valence-electron chi connectivity index (χ3n) is 2.60. The molecule has 0 atom stereocenters. The van der Waals surface area contributed by atoms with Crippen LogP contribution in [0.2, 0.25) is 0 Å². The van der Waals surface area contributed by atoms with Gasteiger partial charge >= 0.3 is 5.69 Å². The summed E-state index contributed by atoms with van der Waals surface area (Å²) in [6, 6.07) is 11.6. The SMILES string of the molecule is N#Cc1[nH]c(=O)n(CCc2ccccc2)c1N. The molecule has 86 valence electrons. The highest BCUT2D eigenvalue weighted by Gasteiger charge is 2.09. The van der Waals surface area contributed by atoms with Gasteiger partial charge in [-0.05, 0) is 12.0 Å². The molecule has 5 heteroatoms. The zero-order chi connectivity index (χ0) is 12.3. The van der Waals surface area contributed by atoms with Crippen molar-refractivity contribution in [1.82, 2.24) is 9.55 Å². The first kappa shape index (κ1) is 11.0. The molecule has 1 heterocycles. The van der Waals surface area contributed by atoms with Gasteiger partial charge in [-0.25, -0.2) is 4.79 Å². The van der Waals surface area contributed by atoms with E-state index in [1.807, 2.05) is 36.4 Å². The van der Waals surface area contributed by atoms with Crippen LogP contribution in [0.1, 0.15) is 11.3 Å². The number of nitrogens with one attached hydrogen (secondary N) is 1. The number of H-pyrrole nitrogens is 1. The summed E-state index contributed by atoms with van der Waals surface area (Å²) >= 11 is 0. The number of nitrogen functional groups attached to an aromatic ring is 1. The Kier molecular flexibility index (Phi) is 2.97. The van der Waals surface area contributed by atoms with Crippen molar-refractivity contribution < 1.29 is 0 Å². The van der Waals surface area contributed by atoms with E-state index in [0.29, 0.717) is 13.0 Å². The lowest BCUT2D eigenvalue weighted by Crippen LogP contribution is -2.19. The van der Waals surface area contributed by atoms with Gasteiger partial charge in [-0.3, -0.25) is 9.55 Å². The van der Waals surface area contributed by atoms with Crippen LogP contribution in [0.4, 0.5) is 5.82 Å². The van der Waals surface area contributed by atoms with E-state index in [9.17, 15) is 4.79 Å². The van der Waals surface area contributed by atoms with Crippen molar-refractivity contribution in [1.29, 1.82) is 5.26 Å². The monoisotopic (exact) mass is 228 g/mol. The molecule has 1 aromatic heterocycles. The largest absolute Gasteiger partial charge is 0.383 e. The van der Waals surface area contributed by atoms with Crippen molar-refractivity contribution in [2.45, 2.75) is 13.0 Å². The van der Waals surface area contributed by atoms with Crippen LogP contribution in [0.3, 0.4) is 0 Å². The van der Waals surface area contributed by atoms with E-state index < -0.39 is 0 Å². The molecule has 0 radical (unpaired) electrons. The highest BCUT2D eigenvalue weighted by atomic mass is 16.1. The average molecular weight is 228 g/mol. The molecule has 1 aromatic carbocycles. The van der Waals surface area contributed by atoms with Gasteiger partial charge in [0.2, 0.25) is 0 Å². The lowest BCUT2D eigenvalue weighted by atomic mass is 10.1. The Bertz CT molecular complexity index is 604. The van der Waals surface area contributed by atoms with Crippen molar-refractivity contribution in [3.63, 3.8) is 0 Å². The number of benzene rings is 1. The smallest absolute Gasteiger partial charge is 0.328 e. The van der Waals surface area contributed by atoms with Crippen molar-refractivity contribution in [2.75, 3.05) is 5.73 Å². The third-order valence-corrected chi connectivity index (χ3v) is 2.60. The molecule has 0 fully saturated rings. The molecule has 0 aliphatic rings. The molecule has 0 bridgehead atoms. The van der Waals surface area contributed by atoms with Gasteiger partial charge in [-0.1, -0.05) is 30.3 Å². The number of nitrogens with zero attached hydrogens (tertiary/aromatic N) is 2. The minimum atomic E-state index is -0.338. The molecule has 0 saturated carbocycles. The average Bonchev–Trinajstić information content (AvgIpc) is 2.63. The van der Waals surface area contributed by atoms with Crippen LogP contribution in [0.15, 0.2) is 35.1 Å². The summed E-state index contributed by atoms with van der Waals surface area (Å²) in [7, 11) is 0. The first-order valence-corrected chi connectivity index (χ1v) is 5.24. The van der Waals surface area contributed by atoms with Crippen LogP contribution >= 0.6 is 0 Å².